The minimum absolute atomic E-state index is 0.0216. The van der Waals surface area contributed by atoms with Crippen molar-refractivity contribution in [1.82, 2.24) is 9.80 Å². The monoisotopic (exact) mass is 720 g/mol. The van der Waals surface area contributed by atoms with Crippen LogP contribution in [0.15, 0.2) is 81.7 Å². The maximum atomic E-state index is 15.0. The van der Waals surface area contributed by atoms with Gasteiger partial charge in [0, 0.05) is 22.0 Å². The van der Waals surface area contributed by atoms with E-state index < -0.39 is 0 Å². The Hall–Kier alpha value is -3.69. The van der Waals surface area contributed by atoms with Crippen molar-refractivity contribution in [2.45, 2.75) is 24.9 Å². The van der Waals surface area contributed by atoms with Crippen LogP contribution in [0.25, 0.3) is 0 Å². The van der Waals surface area contributed by atoms with Gasteiger partial charge in [-0.15, -0.1) is 0 Å². The predicted octanol–water partition coefficient (Wildman–Crippen LogP) is 7.96. The fourth-order valence-corrected chi connectivity index (χ4v) is 7.01. The van der Waals surface area contributed by atoms with Gasteiger partial charge in [0.15, 0.2) is 23.0 Å². The van der Waals surface area contributed by atoms with Gasteiger partial charge >= 0.3 is 6.03 Å². The van der Waals surface area contributed by atoms with Crippen LogP contribution in [0.5, 0.6) is 23.0 Å². The first-order valence-electron chi connectivity index (χ1n) is 14.4. The molecule has 0 fully saturated rings. The zero-order valence-electron chi connectivity index (χ0n) is 25.1. The number of hydrogen-bond acceptors (Lipinski definition) is 5. The first-order valence-corrected chi connectivity index (χ1v) is 16.0. The van der Waals surface area contributed by atoms with Crippen LogP contribution in [-0.2, 0) is 12.8 Å². The Morgan fingerprint density at radius 1 is 0.591 bits per heavy atom. The molecule has 4 aromatic rings. The summed E-state index contributed by atoms with van der Waals surface area (Å²) in [4.78, 5) is 19.0. The molecule has 0 spiro atoms. The molecule has 0 saturated carbocycles. The SMILES string of the molecule is COc1cc2c(cc1OC)[C@H](c1ccc(Br)cc1)N(C(=O)N1CCc3cc(OC)c(OC)cc3[C@@H]1c1ccc(Br)cc1)CC2. The molecule has 4 aromatic carbocycles. The molecule has 7 nitrogen and oxygen atoms in total. The van der Waals surface area contributed by atoms with E-state index >= 15 is 0 Å². The first kappa shape index (κ1) is 30.3. The number of urea groups is 1. The number of methoxy groups -OCH3 is 4. The van der Waals surface area contributed by atoms with E-state index in [1.807, 2.05) is 58.3 Å². The second-order valence-corrected chi connectivity index (χ2v) is 12.7. The van der Waals surface area contributed by atoms with Gasteiger partial charge in [-0.25, -0.2) is 4.79 Å². The predicted molar refractivity (Wildman–Crippen MR) is 177 cm³/mol. The smallest absolute Gasteiger partial charge is 0.321 e. The molecule has 0 unspecified atom stereocenters. The number of carbonyl (C=O) groups excluding carboxylic acids is 1. The Bertz CT molecular complexity index is 1550. The lowest BCUT2D eigenvalue weighted by Gasteiger charge is -2.45. The number of carbonyl (C=O) groups is 1. The molecule has 2 amide bonds. The highest BCUT2D eigenvalue weighted by molar-refractivity contribution is 9.10. The van der Waals surface area contributed by atoms with Gasteiger partial charge in [0.2, 0.25) is 0 Å². The van der Waals surface area contributed by atoms with Crippen molar-refractivity contribution in [3.05, 3.63) is 115 Å². The largest absolute Gasteiger partial charge is 0.493 e. The van der Waals surface area contributed by atoms with Crippen LogP contribution in [0.4, 0.5) is 4.79 Å². The number of fused-ring (bicyclic) bond motifs is 2. The molecule has 2 aliphatic heterocycles. The zero-order valence-corrected chi connectivity index (χ0v) is 28.3. The first-order chi connectivity index (χ1) is 21.4. The summed E-state index contributed by atoms with van der Waals surface area (Å²) in [6, 6.07) is 23.9. The molecule has 0 N–H and O–H groups in total. The number of ether oxygens (including phenoxy) is 4. The fraction of sp³-hybridized carbons (Fsp3) is 0.286. The molecule has 44 heavy (non-hydrogen) atoms. The highest BCUT2D eigenvalue weighted by Crippen LogP contribution is 2.45. The quantitative estimate of drug-likeness (QED) is 0.202. The topological polar surface area (TPSA) is 60.5 Å². The van der Waals surface area contributed by atoms with Gasteiger partial charge in [0.1, 0.15) is 0 Å². The molecule has 0 bridgehead atoms. The summed E-state index contributed by atoms with van der Waals surface area (Å²) in [5.41, 5.74) is 6.41. The van der Waals surface area contributed by atoms with E-state index in [0.717, 1.165) is 42.3 Å². The molecule has 9 heteroatoms. The van der Waals surface area contributed by atoms with Gasteiger partial charge in [0.25, 0.3) is 0 Å². The third-order valence-corrected chi connectivity index (χ3v) is 9.67. The molecule has 2 heterocycles. The van der Waals surface area contributed by atoms with Crippen LogP contribution in [0.1, 0.15) is 45.5 Å². The van der Waals surface area contributed by atoms with Crippen LogP contribution in [0, 0.1) is 0 Å². The van der Waals surface area contributed by atoms with Crippen LogP contribution in [-0.4, -0.2) is 57.4 Å². The van der Waals surface area contributed by atoms with E-state index in [4.69, 9.17) is 18.9 Å². The maximum Gasteiger partial charge on any atom is 0.321 e. The summed E-state index contributed by atoms with van der Waals surface area (Å²) in [6.45, 7) is 1.12. The molecular formula is C35H34Br2N2O5. The number of hydrogen-bond donors (Lipinski definition) is 0. The van der Waals surface area contributed by atoms with Crippen molar-refractivity contribution in [1.29, 1.82) is 0 Å². The van der Waals surface area contributed by atoms with E-state index in [0.29, 0.717) is 48.9 Å². The van der Waals surface area contributed by atoms with Gasteiger partial charge < -0.3 is 28.7 Å². The molecule has 6 rings (SSSR count). The van der Waals surface area contributed by atoms with Gasteiger partial charge in [-0.2, -0.15) is 0 Å². The summed E-state index contributed by atoms with van der Waals surface area (Å²) in [5, 5.41) is 0. The van der Waals surface area contributed by atoms with E-state index in [1.165, 1.54) is 0 Å². The maximum absolute atomic E-state index is 15.0. The number of amides is 2. The lowest BCUT2D eigenvalue weighted by atomic mass is 9.86. The van der Waals surface area contributed by atoms with Crippen LogP contribution in [0.2, 0.25) is 0 Å². The number of halogens is 2. The molecule has 0 aliphatic carbocycles. The Kier molecular flexibility index (Phi) is 8.78. The van der Waals surface area contributed by atoms with Crippen molar-refractivity contribution in [2.75, 3.05) is 41.5 Å². The summed E-state index contributed by atoms with van der Waals surface area (Å²) in [5.74, 6) is 2.66. The third kappa shape index (κ3) is 5.52. The minimum atomic E-state index is -0.309. The molecule has 2 aliphatic rings. The summed E-state index contributed by atoms with van der Waals surface area (Å²) in [7, 11) is 6.58. The zero-order chi connectivity index (χ0) is 31.0. The van der Waals surface area contributed by atoms with Gasteiger partial charge in [-0.05, 0) is 94.8 Å². The van der Waals surface area contributed by atoms with Crippen LogP contribution in [0.3, 0.4) is 0 Å². The Morgan fingerprint density at radius 2 is 0.932 bits per heavy atom. The molecule has 0 radical (unpaired) electrons. The fourth-order valence-electron chi connectivity index (χ4n) is 6.48. The van der Waals surface area contributed by atoms with Gasteiger partial charge in [-0.1, -0.05) is 56.1 Å². The van der Waals surface area contributed by atoms with Gasteiger partial charge in [-0.3, -0.25) is 0 Å². The standard InChI is InChI=1S/C35H34Br2N2O5/c1-41-29-17-23-13-15-38(33(27(23)19-31(29)43-3)21-5-9-25(36)10-6-21)35(40)39-16-14-24-18-30(42-2)32(44-4)20-28(24)34(39)22-7-11-26(37)12-8-22/h5-12,17-20,33-34H,13-16H2,1-4H3/t33-,34-/m0/s1. The molecular weight excluding hydrogens is 688 g/mol. The summed E-state index contributed by atoms with van der Waals surface area (Å²) in [6.07, 6.45) is 1.40. The van der Waals surface area contributed by atoms with E-state index in [-0.39, 0.29) is 18.1 Å². The molecule has 0 aromatic heterocycles. The van der Waals surface area contributed by atoms with E-state index in [9.17, 15) is 4.79 Å². The molecule has 2 atom stereocenters. The highest BCUT2D eigenvalue weighted by Gasteiger charge is 2.40. The van der Waals surface area contributed by atoms with Crippen molar-refractivity contribution in [3.8, 4) is 23.0 Å². The van der Waals surface area contributed by atoms with E-state index in [2.05, 4.69) is 56.1 Å². The minimum Gasteiger partial charge on any atom is -0.493 e. The second kappa shape index (κ2) is 12.7. The van der Waals surface area contributed by atoms with Crippen LogP contribution >= 0.6 is 31.9 Å². The lowest BCUT2D eigenvalue weighted by molar-refractivity contribution is 0.123. The number of rotatable bonds is 6. The Labute approximate surface area is 274 Å². The summed E-state index contributed by atoms with van der Waals surface area (Å²) < 4.78 is 24.6. The third-order valence-electron chi connectivity index (χ3n) is 8.61. The van der Waals surface area contributed by atoms with Crippen molar-refractivity contribution < 1.29 is 23.7 Å². The lowest BCUT2D eigenvalue weighted by Crippen LogP contribution is -2.51. The second-order valence-electron chi connectivity index (χ2n) is 10.9. The van der Waals surface area contributed by atoms with Crippen molar-refractivity contribution in [2.24, 2.45) is 0 Å². The van der Waals surface area contributed by atoms with Crippen LogP contribution < -0.4 is 18.9 Å². The Morgan fingerprint density at radius 3 is 1.27 bits per heavy atom. The Balaban J connectivity index is 1.47. The highest BCUT2D eigenvalue weighted by atomic mass is 79.9. The number of benzene rings is 4. The average Bonchev–Trinajstić information content (AvgIpc) is 3.06. The molecule has 0 saturated heterocycles. The summed E-state index contributed by atoms with van der Waals surface area (Å²) >= 11 is 7.16. The molecule has 228 valence electrons. The normalized spacial score (nSPS) is 17.4. The van der Waals surface area contributed by atoms with Crippen molar-refractivity contribution >= 4 is 37.9 Å². The van der Waals surface area contributed by atoms with E-state index in [1.54, 1.807) is 28.4 Å². The van der Waals surface area contributed by atoms with Crippen molar-refractivity contribution in [3.63, 3.8) is 0 Å². The number of nitrogens with zero attached hydrogens (tertiary/aromatic N) is 2. The van der Waals surface area contributed by atoms with Gasteiger partial charge in [0.05, 0.1) is 40.5 Å². The average molecular weight is 722 g/mol.